The van der Waals surface area contributed by atoms with Crippen LogP contribution in [0.15, 0.2) is 29.1 Å². The van der Waals surface area contributed by atoms with E-state index in [1.807, 2.05) is 6.92 Å². The molecule has 2 rings (SSSR count). The maximum absolute atomic E-state index is 11.8. The zero-order chi connectivity index (χ0) is 13.0. The van der Waals surface area contributed by atoms with Gasteiger partial charge in [0.05, 0.1) is 10.6 Å². The Kier molecular flexibility index (Phi) is 3.78. The number of nitrogens with zero attached hydrogens (tertiary/aromatic N) is 2. The molecule has 0 fully saturated rings. The molecule has 1 amide bonds. The minimum atomic E-state index is -0.346. The van der Waals surface area contributed by atoms with Crippen LogP contribution in [-0.4, -0.2) is 22.6 Å². The Hall–Kier alpha value is -2.08. The number of rotatable bonds is 4. The smallest absolute Gasteiger partial charge is 0.258 e. The van der Waals surface area contributed by atoms with Gasteiger partial charge in [0.2, 0.25) is 0 Å². The van der Waals surface area contributed by atoms with Gasteiger partial charge in [-0.05, 0) is 13.0 Å². The van der Waals surface area contributed by atoms with Crippen LogP contribution in [0.3, 0.4) is 0 Å². The van der Waals surface area contributed by atoms with Crippen LogP contribution in [0.4, 0.5) is 11.6 Å². The number of nitrogens with one attached hydrogen (secondary N) is 2. The molecule has 0 aliphatic rings. The van der Waals surface area contributed by atoms with Crippen LogP contribution in [0, 0.1) is 0 Å². The number of carbonyl (C=O) groups is 1. The molecule has 0 bridgehead atoms. The number of carbonyl (C=O) groups excluding carboxylic acids is 1. The van der Waals surface area contributed by atoms with Gasteiger partial charge in [-0.3, -0.25) is 4.79 Å². The van der Waals surface area contributed by atoms with E-state index >= 15 is 0 Å². The maximum atomic E-state index is 11.8. The first-order chi connectivity index (χ1) is 8.70. The lowest BCUT2D eigenvalue weighted by Gasteiger charge is -2.06. The van der Waals surface area contributed by atoms with Crippen molar-refractivity contribution in [3.63, 3.8) is 0 Å². The van der Waals surface area contributed by atoms with E-state index in [1.54, 1.807) is 12.1 Å². The fraction of sp³-hybridized carbons (Fsp3) is 0.182. The van der Waals surface area contributed by atoms with Gasteiger partial charge >= 0.3 is 0 Å². The minimum Gasteiger partial charge on any atom is -0.369 e. The Balaban J connectivity index is 2.13. The van der Waals surface area contributed by atoms with Crippen LogP contribution in [0.5, 0.6) is 0 Å². The zero-order valence-electron chi connectivity index (χ0n) is 9.61. The van der Waals surface area contributed by atoms with Gasteiger partial charge in [-0.25, -0.2) is 4.98 Å². The number of anilines is 2. The van der Waals surface area contributed by atoms with Gasteiger partial charge in [-0.1, -0.05) is 16.8 Å². The van der Waals surface area contributed by atoms with Crippen molar-refractivity contribution in [3.05, 3.63) is 35.2 Å². The van der Waals surface area contributed by atoms with Crippen LogP contribution in [0.25, 0.3) is 0 Å². The Morgan fingerprint density at radius 2 is 2.39 bits per heavy atom. The first kappa shape index (κ1) is 12.4. The Bertz CT molecular complexity index is 542. The second-order valence-corrected chi connectivity index (χ2v) is 3.83. The van der Waals surface area contributed by atoms with Gasteiger partial charge in [-0.2, -0.15) is 0 Å². The molecule has 0 radical (unpaired) electrons. The van der Waals surface area contributed by atoms with Gasteiger partial charge < -0.3 is 15.2 Å². The summed E-state index contributed by atoms with van der Waals surface area (Å²) in [7, 11) is 0. The number of hydrogen-bond acceptors (Lipinski definition) is 5. The summed E-state index contributed by atoms with van der Waals surface area (Å²) in [6, 6.07) is 3.09. The third kappa shape index (κ3) is 2.78. The normalized spacial score (nSPS) is 10.1. The van der Waals surface area contributed by atoms with E-state index in [0.29, 0.717) is 28.8 Å². The van der Waals surface area contributed by atoms with E-state index in [1.165, 1.54) is 12.5 Å². The Morgan fingerprint density at radius 1 is 1.56 bits per heavy atom. The van der Waals surface area contributed by atoms with Crippen LogP contribution in [0.2, 0.25) is 5.02 Å². The number of aromatic nitrogens is 2. The molecular weight excluding hydrogens is 256 g/mol. The zero-order valence-corrected chi connectivity index (χ0v) is 10.4. The second-order valence-electron chi connectivity index (χ2n) is 3.42. The summed E-state index contributed by atoms with van der Waals surface area (Å²) in [5.41, 5.74) is 0.352. The molecule has 0 aromatic carbocycles. The molecule has 0 atom stereocenters. The highest BCUT2D eigenvalue weighted by molar-refractivity contribution is 6.33. The van der Waals surface area contributed by atoms with Crippen LogP contribution in [0.1, 0.15) is 17.3 Å². The van der Waals surface area contributed by atoms with Crippen LogP contribution in [-0.2, 0) is 0 Å². The number of pyridine rings is 1. The summed E-state index contributed by atoms with van der Waals surface area (Å²) in [5.74, 6) is 0.547. The van der Waals surface area contributed by atoms with E-state index in [2.05, 4.69) is 25.3 Å². The van der Waals surface area contributed by atoms with Crippen molar-refractivity contribution in [2.24, 2.45) is 0 Å². The summed E-state index contributed by atoms with van der Waals surface area (Å²) < 4.78 is 4.61. The fourth-order valence-corrected chi connectivity index (χ4v) is 1.56. The molecule has 2 N–H and O–H groups in total. The van der Waals surface area contributed by atoms with E-state index in [-0.39, 0.29) is 5.91 Å². The highest BCUT2D eigenvalue weighted by atomic mass is 35.5. The van der Waals surface area contributed by atoms with Crippen molar-refractivity contribution < 1.29 is 9.32 Å². The van der Waals surface area contributed by atoms with E-state index < -0.39 is 0 Å². The van der Waals surface area contributed by atoms with Crippen molar-refractivity contribution in [1.82, 2.24) is 10.1 Å². The molecule has 2 heterocycles. The first-order valence-corrected chi connectivity index (χ1v) is 5.69. The lowest BCUT2D eigenvalue weighted by atomic mass is 10.2. The highest BCUT2D eigenvalue weighted by Gasteiger charge is 2.11. The monoisotopic (exact) mass is 266 g/mol. The van der Waals surface area contributed by atoms with Crippen LogP contribution >= 0.6 is 11.6 Å². The molecule has 0 aliphatic carbocycles. The maximum Gasteiger partial charge on any atom is 0.258 e. The molecule has 2 aromatic rings. The summed E-state index contributed by atoms with van der Waals surface area (Å²) in [6.07, 6.45) is 2.81. The van der Waals surface area contributed by atoms with Gasteiger partial charge in [0.25, 0.3) is 5.91 Å². The van der Waals surface area contributed by atoms with Crippen molar-refractivity contribution in [1.29, 1.82) is 0 Å². The number of amides is 1. The Labute approximate surface area is 108 Å². The predicted octanol–water partition coefficient (Wildman–Crippen LogP) is 2.41. The molecule has 6 nitrogen and oxygen atoms in total. The standard InChI is InChI=1S/C11H11ClN4O2/c1-2-13-10-8(12)5-7(6-14-10)11(17)15-9-3-4-18-16-9/h3-6H,2H2,1H3,(H,13,14)(H,15,16,17). The predicted molar refractivity (Wildman–Crippen MR) is 67.9 cm³/mol. The topological polar surface area (TPSA) is 80.0 Å². The lowest BCUT2D eigenvalue weighted by molar-refractivity contribution is 0.102. The summed E-state index contributed by atoms with van der Waals surface area (Å²) in [4.78, 5) is 15.9. The average Bonchev–Trinajstić information content (AvgIpc) is 2.84. The van der Waals surface area contributed by atoms with Crippen molar-refractivity contribution in [3.8, 4) is 0 Å². The summed E-state index contributed by atoms with van der Waals surface area (Å²) >= 11 is 5.99. The third-order valence-corrected chi connectivity index (χ3v) is 2.42. The van der Waals surface area contributed by atoms with E-state index in [0.717, 1.165) is 0 Å². The molecule has 18 heavy (non-hydrogen) atoms. The average molecular weight is 267 g/mol. The molecule has 0 spiro atoms. The van der Waals surface area contributed by atoms with Gasteiger partial charge in [0.15, 0.2) is 5.82 Å². The van der Waals surface area contributed by atoms with Crippen LogP contribution < -0.4 is 10.6 Å². The fourth-order valence-electron chi connectivity index (χ4n) is 1.33. The molecule has 0 unspecified atom stereocenters. The molecule has 0 saturated carbocycles. The molecular formula is C11H11ClN4O2. The van der Waals surface area contributed by atoms with Gasteiger partial charge in [0.1, 0.15) is 12.1 Å². The third-order valence-electron chi connectivity index (χ3n) is 2.13. The SMILES string of the molecule is CCNc1ncc(C(=O)Nc2ccon2)cc1Cl. The minimum absolute atomic E-state index is 0.340. The summed E-state index contributed by atoms with van der Waals surface area (Å²) in [5, 5.41) is 9.51. The largest absolute Gasteiger partial charge is 0.369 e. The van der Waals surface area contributed by atoms with Crippen molar-refractivity contribution >= 4 is 29.1 Å². The number of hydrogen-bond donors (Lipinski definition) is 2. The van der Waals surface area contributed by atoms with E-state index in [4.69, 9.17) is 11.6 Å². The second kappa shape index (κ2) is 5.50. The van der Waals surface area contributed by atoms with Crippen molar-refractivity contribution in [2.75, 3.05) is 17.2 Å². The quantitative estimate of drug-likeness (QED) is 0.888. The van der Waals surface area contributed by atoms with E-state index in [9.17, 15) is 4.79 Å². The molecule has 0 saturated heterocycles. The van der Waals surface area contributed by atoms with Gasteiger partial charge in [0, 0.05) is 18.8 Å². The van der Waals surface area contributed by atoms with Crippen molar-refractivity contribution in [2.45, 2.75) is 6.92 Å². The first-order valence-electron chi connectivity index (χ1n) is 5.32. The van der Waals surface area contributed by atoms with Gasteiger partial charge in [-0.15, -0.1) is 0 Å². The Morgan fingerprint density at radius 3 is 3.00 bits per heavy atom. The lowest BCUT2D eigenvalue weighted by Crippen LogP contribution is -2.13. The molecule has 2 aromatic heterocycles. The highest BCUT2D eigenvalue weighted by Crippen LogP contribution is 2.20. The number of halogens is 1. The molecule has 7 heteroatoms. The molecule has 0 aliphatic heterocycles. The summed E-state index contributed by atoms with van der Waals surface area (Å²) in [6.45, 7) is 2.64. The molecule has 94 valence electrons.